The molecule has 2 heterocycles. The zero-order valence-corrected chi connectivity index (χ0v) is 20.2. The minimum Gasteiger partial charge on any atom is -0.507 e. The van der Waals surface area contributed by atoms with Crippen molar-refractivity contribution in [3.63, 3.8) is 0 Å². The van der Waals surface area contributed by atoms with E-state index in [-0.39, 0.29) is 65.2 Å². The summed E-state index contributed by atoms with van der Waals surface area (Å²) in [5, 5.41) is 34.7. The lowest BCUT2D eigenvalue weighted by Crippen LogP contribution is -2.32. The number of hydrogen-bond acceptors (Lipinski definition) is 7. The molecule has 1 fully saturated rings. The minimum atomic E-state index is -0.438. The first kappa shape index (κ1) is 25.2. The number of benzene rings is 2. The number of nitrogens with zero attached hydrogens (tertiary/aromatic N) is 1. The molecule has 4 rings (SSSR count). The van der Waals surface area contributed by atoms with Gasteiger partial charge in [-0.2, -0.15) is 0 Å². The summed E-state index contributed by atoms with van der Waals surface area (Å²) in [4.78, 5) is 15.0. The topological polar surface area (TPSA) is 106 Å². The Kier molecular flexibility index (Phi) is 7.49. The third-order valence-corrected chi connectivity index (χ3v) is 6.38. The predicted octanol–water partition coefficient (Wildman–Crippen LogP) is 4.55. The molecule has 2 atom stereocenters. The second kappa shape index (κ2) is 9.81. The molecule has 9 heteroatoms. The fourth-order valence-corrected chi connectivity index (χ4v) is 4.84. The molecular formula is C24H28Cl2N2O5. The van der Waals surface area contributed by atoms with Gasteiger partial charge in [-0.15, -0.1) is 12.4 Å². The van der Waals surface area contributed by atoms with Gasteiger partial charge >= 0.3 is 0 Å². The predicted molar refractivity (Wildman–Crippen MR) is 133 cm³/mol. The van der Waals surface area contributed by atoms with E-state index >= 15 is 0 Å². The van der Waals surface area contributed by atoms with Crippen LogP contribution >= 0.6 is 24.0 Å². The highest BCUT2D eigenvalue weighted by Crippen LogP contribution is 2.44. The molecule has 0 spiro atoms. The second-order valence-electron chi connectivity index (χ2n) is 8.63. The monoisotopic (exact) mass is 494 g/mol. The van der Waals surface area contributed by atoms with E-state index in [4.69, 9.17) is 16.0 Å². The van der Waals surface area contributed by atoms with Gasteiger partial charge in [-0.1, -0.05) is 11.6 Å². The van der Waals surface area contributed by atoms with E-state index in [9.17, 15) is 20.1 Å². The largest absolute Gasteiger partial charge is 0.507 e. The fraction of sp³-hybridized carbons (Fsp3) is 0.375. The Hall–Kier alpha value is -2.45. The van der Waals surface area contributed by atoms with Gasteiger partial charge in [0.05, 0.1) is 11.6 Å². The lowest BCUT2D eigenvalue weighted by atomic mass is 9.89. The van der Waals surface area contributed by atoms with Crippen LogP contribution < -0.4 is 10.7 Å². The second-order valence-corrected chi connectivity index (χ2v) is 9.03. The van der Waals surface area contributed by atoms with Crippen LogP contribution in [-0.4, -0.2) is 52.5 Å². The van der Waals surface area contributed by atoms with Gasteiger partial charge in [0.25, 0.3) is 0 Å². The number of likely N-dealkylation sites (tertiary alicyclic amines) is 1. The number of likely N-dealkylation sites (N-methyl/N-ethyl adjacent to an activating group) is 1. The Labute approximate surface area is 203 Å². The van der Waals surface area contributed by atoms with Gasteiger partial charge in [-0.3, -0.25) is 4.79 Å². The van der Waals surface area contributed by atoms with Crippen LogP contribution in [0, 0.1) is 0 Å². The summed E-state index contributed by atoms with van der Waals surface area (Å²) in [6, 6.07) is 7.82. The van der Waals surface area contributed by atoms with Crippen LogP contribution in [0.1, 0.15) is 31.7 Å². The molecule has 0 amide bonds. The van der Waals surface area contributed by atoms with Gasteiger partial charge in [-0.05, 0) is 52.1 Å². The van der Waals surface area contributed by atoms with E-state index in [0.717, 1.165) is 12.2 Å². The molecule has 0 saturated carbocycles. The molecule has 0 radical (unpaired) electrons. The standard InChI is InChI=1S/C24H27ClN2O5.ClH/c1-12(2)26-13-4-5-14(16(25)8-13)21-10-20(31)23-19(30)9-18(29)22(24(23)32-21)15-6-7-27(3)17(15)11-28;/h4-5,8-10,12,15,17,26,28-30H,6-7,11H2,1-3H3;1H/t15-,17+;/m1./s1. The van der Waals surface area contributed by atoms with Gasteiger partial charge < -0.3 is 30.0 Å². The van der Waals surface area contributed by atoms with Crippen LogP contribution in [0.4, 0.5) is 5.69 Å². The third-order valence-electron chi connectivity index (χ3n) is 6.07. The highest BCUT2D eigenvalue weighted by Gasteiger charge is 2.36. The number of fused-ring (bicyclic) bond motifs is 1. The molecule has 1 saturated heterocycles. The average Bonchev–Trinajstić information content (AvgIpc) is 3.07. The number of aliphatic hydroxyl groups is 1. The first-order valence-electron chi connectivity index (χ1n) is 10.6. The Morgan fingerprint density at radius 2 is 1.94 bits per heavy atom. The number of rotatable bonds is 5. The number of anilines is 1. The van der Waals surface area contributed by atoms with Crippen molar-refractivity contribution in [3.05, 3.63) is 51.1 Å². The third kappa shape index (κ3) is 4.64. The van der Waals surface area contributed by atoms with Crippen molar-refractivity contribution in [2.45, 2.75) is 38.3 Å². The normalized spacial score (nSPS) is 18.6. The number of halogens is 2. The molecule has 178 valence electrons. The number of aromatic hydroxyl groups is 2. The fourth-order valence-electron chi connectivity index (χ4n) is 4.56. The molecule has 4 N–H and O–H groups in total. The lowest BCUT2D eigenvalue weighted by molar-refractivity contribution is 0.172. The van der Waals surface area contributed by atoms with Crippen LogP contribution in [0.15, 0.2) is 39.5 Å². The van der Waals surface area contributed by atoms with E-state index < -0.39 is 5.43 Å². The first-order chi connectivity index (χ1) is 15.2. The van der Waals surface area contributed by atoms with E-state index in [0.29, 0.717) is 22.6 Å². The van der Waals surface area contributed by atoms with Gasteiger partial charge in [-0.25, -0.2) is 0 Å². The average molecular weight is 495 g/mol. The summed E-state index contributed by atoms with van der Waals surface area (Å²) in [7, 11) is 1.90. The molecule has 33 heavy (non-hydrogen) atoms. The summed E-state index contributed by atoms with van der Waals surface area (Å²) in [5.74, 6) is -0.547. The zero-order valence-electron chi connectivity index (χ0n) is 18.6. The van der Waals surface area contributed by atoms with Crippen LogP contribution in [0.2, 0.25) is 5.02 Å². The SMILES string of the molecule is CC(C)Nc1ccc(-c2cc(=O)c3c(O)cc(O)c([C@@H]4CCN(C)[C@H]4CO)c3o2)c(Cl)c1.Cl. The molecule has 0 unspecified atom stereocenters. The van der Waals surface area contributed by atoms with Crippen molar-refractivity contribution in [1.82, 2.24) is 4.90 Å². The first-order valence-corrected chi connectivity index (χ1v) is 11.0. The maximum absolute atomic E-state index is 13.0. The maximum Gasteiger partial charge on any atom is 0.197 e. The summed E-state index contributed by atoms with van der Waals surface area (Å²) < 4.78 is 6.14. The van der Waals surface area contributed by atoms with E-state index in [1.807, 2.05) is 31.9 Å². The molecule has 2 aromatic carbocycles. The van der Waals surface area contributed by atoms with Gasteiger partial charge in [0.2, 0.25) is 0 Å². The minimum absolute atomic E-state index is 0. The van der Waals surface area contributed by atoms with Crippen molar-refractivity contribution in [2.75, 3.05) is 25.5 Å². The Morgan fingerprint density at radius 1 is 1.21 bits per heavy atom. The van der Waals surface area contributed by atoms with Gasteiger partial charge in [0.1, 0.15) is 28.2 Å². The van der Waals surface area contributed by atoms with Crippen LogP contribution in [0.25, 0.3) is 22.3 Å². The maximum atomic E-state index is 13.0. The van der Waals surface area contributed by atoms with Gasteiger partial charge in [0, 0.05) is 46.9 Å². The van der Waals surface area contributed by atoms with Crippen molar-refractivity contribution < 1.29 is 19.7 Å². The van der Waals surface area contributed by atoms with Gasteiger partial charge in [0.15, 0.2) is 5.43 Å². The quantitative estimate of drug-likeness (QED) is 0.412. The Balaban J connectivity index is 0.00000306. The lowest BCUT2D eigenvalue weighted by Gasteiger charge is -2.24. The smallest absolute Gasteiger partial charge is 0.197 e. The molecule has 0 aliphatic carbocycles. The highest BCUT2D eigenvalue weighted by molar-refractivity contribution is 6.33. The van der Waals surface area contributed by atoms with Crippen molar-refractivity contribution in [2.24, 2.45) is 0 Å². The number of hydrogen-bond donors (Lipinski definition) is 4. The molecule has 3 aromatic rings. The van der Waals surface area contributed by atoms with Crippen LogP contribution in [0.5, 0.6) is 11.5 Å². The molecular weight excluding hydrogens is 467 g/mol. The van der Waals surface area contributed by atoms with Crippen molar-refractivity contribution >= 4 is 40.7 Å². The van der Waals surface area contributed by atoms with Crippen LogP contribution in [0.3, 0.4) is 0 Å². The van der Waals surface area contributed by atoms with Crippen molar-refractivity contribution in [3.8, 4) is 22.8 Å². The molecule has 1 aliphatic rings. The molecule has 0 bridgehead atoms. The summed E-state index contributed by atoms with van der Waals surface area (Å²) in [5.41, 5.74) is 1.45. The van der Waals surface area contributed by atoms with Crippen molar-refractivity contribution in [1.29, 1.82) is 0 Å². The van der Waals surface area contributed by atoms with E-state index in [1.54, 1.807) is 12.1 Å². The van der Waals surface area contributed by atoms with Crippen LogP contribution in [-0.2, 0) is 0 Å². The summed E-state index contributed by atoms with van der Waals surface area (Å²) >= 11 is 6.50. The van der Waals surface area contributed by atoms with E-state index in [1.165, 1.54) is 12.1 Å². The number of aliphatic hydroxyl groups excluding tert-OH is 1. The number of nitrogens with one attached hydrogen (secondary N) is 1. The highest BCUT2D eigenvalue weighted by atomic mass is 35.5. The Morgan fingerprint density at radius 3 is 2.58 bits per heavy atom. The Bertz CT molecular complexity index is 1230. The van der Waals surface area contributed by atoms with E-state index in [2.05, 4.69) is 5.32 Å². The zero-order chi connectivity index (χ0) is 23.2. The molecule has 1 aromatic heterocycles. The summed E-state index contributed by atoms with van der Waals surface area (Å²) in [6.07, 6.45) is 0.666. The summed E-state index contributed by atoms with van der Waals surface area (Å²) in [6.45, 7) is 4.65. The molecule has 1 aliphatic heterocycles. The number of phenolic OH excluding ortho intramolecular Hbond substituents is 2. The molecule has 7 nitrogen and oxygen atoms in total. The number of phenols is 2.